The molecular formula is C20H20N2O5. The lowest BCUT2D eigenvalue weighted by Crippen LogP contribution is -2.33. The molecule has 0 fully saturated rings. The molecule has 0 bridgehead atoms. The summed E-state index contributed by atoms with van der Waals surface area (Å²) in [5.41, 5.74) is 2.16. The highest BCUT2D eigenvalue weighted by atomic mass is 16.5. The summed E-state index contributed by atoms with van der Waals surface area (Å²) in [5, 5.41) is 14.8. The Hall–Kier alpha value is -3.35. The third-order valence-corrected chi connectivity index (χ3v) is 4.30. The molecule has 1 unspecified atom stereocenters. The fraction of sp³-hybridized carbons (Fsp3) is 0.250. The average molecular weight is 368 g/mol. The Morgan fingerprint density at radius 2 is 2.00 bits per heavy atom. The van der Waals surface area contributed by atoms with Crippen molar-refractivity contribution in [3.05, 3.63) is 59.2 Å². The lowest BCUT2D eigenvalue weighted by Gasteiger charge is -2.16. The second-order valence-corrected chi connectivity index (χ2v) is 6.19. The molecule has 3 N–H and O–H groups in total. The molecular weight excluding hydrogens is 348 g/mol. The third kappa shape index (κ3) is 4.25. The molecule has 140 valence electrons. The quantitative estimate of drug-likeness (QED) is 0.727. The number of nitrogens with one attached hydrogen (secondary N) is 2. The molecule has 1 aliphatic rings. The number of hydrogen-bond donors (Lipinski definition) is 3. The molecule has 0 saturated carbocycles. The first-order valence-electron chi connectivity index (χ1n) is 8.67. The van der Waals surface area contributed by atoms with Gasteiger partial charge in [-0.15, -0.1) is 0 Å². The molecule has 7 heteroatoms. The van der Waals surface area contributed by atoms with E-state index in [1.807, 2.05) is 0 Å². The molecule has 7 nitrogen and oxygen atoms in total. The number of rotatable bonds is 6. The topological polar surface area (TPSA) is 105 Å². The van der Waals surface area contributed by atoms with Crippen molar-refractivity contribution in [1.82, 2.24) is 5.32 Å². The fourth-order valence-corrected chi connectivity index (χ4v) is 2.88. The Kier molecular flexibility index (Phi) is 5.40. The Balaban J connectivity index is 1.79. The Morgan fingerprint density at radius 1 is 1.19 bits per heavy atom. The van der Waals surface area contributed by atoms with Crippen LogP contribution in [0.3, 0.4) is 0 Å². The number of carboxylic acid groups (broad SMARTS) is 1. The van der Waals surface area contributed by atoms with Crippen LogP contribution >= 0.6 is 0 Å². The molecule has 0 aromatic heterocycles. The highest BCUT2D eigenvalue weighted by Gasteiger charge is 2.25. The van der Waals surface area contributed by atoms with Gasteiger partial charge >= 0.3 is 5.97 Å². The highest BCUT2D eigenvalue weighted by Crippen LogP contribution is 2.28. The van der Waals surface area contributed by atoms with Crippen LogP contribution in [0.15, 0.2) is 42.5 Å². The maximum atomic E-state index is 12.6. The summed E-state index contributed by atoms with van der Waals surface area (Å²) in [5.74, 6) is -1.12. The Bertz CT molecular complexity index is 894. The number of ether oxygens (including phenoxy) is 1. The summed E-state index contributed by atoms with van der Waals surface area (Å²) in [7, 11) is 0. The summed E-state index contributed by atoms with van der Waals surface area (Å²) in [6.07, 6.45) is 1.03. The van der Waals surface area contributed by atoms with E-state index < -0.39 is 17.9 Å². The zero-order valence-electron chi connectivity index (χ0n) is 14.8. The van der Waals surface area contributed by atoms with Gasteiger partial charge in [-0.2, -0.15) is 0 Å². The molecule has 0 spiro atoms. The number of amides is 2. The van der Waals surface area contributed by atoms with Crippen molar-refractivity contribution in [1.29, 1.82) is 0 Å². The van der Waals surface area contributed by atoms with Gasteiger partial charge in [0.15, 0.2) is 6.04 Å². The smallest absolute Gasteiger partial charge is 0.330 e. The fourth-order valence-electron chi connectivity index (χ4n) is 2.88. The normalized spacial score (nSPS) is 13.2. The van der Waals surface area contributed by atoms with Gasteiger partial charge < -0.3 is 20.5 Å². The second kappa shape index (κ2) is 7.90. The van der Waals surface area contributed by atoms with Crippen LogP contribution in [-0.2, 0) is 16.0 Å². The first-order valence-corrected chi connectivity index (χ1v) is 8.67. The van der Waals surface area contributed by atoms with E-state index in [-0.39, 0.29) is 11.5 Å². The van der Waals surface area contributed by atoms with Gasteiger partial charge in [0.25, 0.3) is 5.91 Å². The van der Waals surface area contributed by atoms with Crippen LogP contribution in [-0.4, -0.2) is 29.5 Å². The molecule has 27 heavy (non-hydrogen) atoms. The van der Waals surface area contributed by atoms with Crippen molar-refractivity contribution < 1.29 is 24.2 Å². The number of aliphatic carboxylic acids is 1. The van der Waals surface area contributed by atoms with E-state index in [4.69, 9.17) is 4.74 Å². The maximum Gasteiger partial charge on any atom is 0.330 e. The minimum absolute atomic E-state index is 0.170. The summed E-state index contributed by atoms with van der Waals surface area (Å²) in [4.78, 5) is 35.8. The SMILES string of the molecule is CCC(=O)Nc1cccc(C(=O)NC(C(=O)O)c2ccc3c(c2)CCO3)c1. The van der Waals surface area contributed by atoms with Gasteiger partial charge in [0.05, 0.1) is 6.61 Å². The van der Waals surface area contributed by atoms with Gasteiger partial charge in [-0.25, -0.2) is 4.79 Å². The van der Waals surface area contributed by atoms with Gasteiger partial charge in [0.2, 0.25) is 5.91 Å². The minimum Gasteiger partial charge on any atom is -0.493 e. The van der Waals surface area contributed by atoms with E-state index in [1.54, 1.807) is 43.3 Å². The average Bonchev–Trinajstić information content (AvgIpc) is 3.13. The van der Waals surface area contributed by atoms with E-state index in [9.17, 15) is 19.5 Å². The molecule has 2 aromatic rings. The van der Waals surface area contributed by atoms with Crippen LogP contribution in [0, 0.1) is 0 Å². The van der Waals surface area contributed by atoms with Crippen LogP contribution in [0.4, 0.5) is 5.69 Å². The van der Waals surface area contributed by atoms with Crippen LogP contribution in [0.1, 0.15) is 40.9 Å². The zero-order chi connectivity index (χ0) is 19.4. The summed E-state index contributed by atoms with van der Waals surface area (Å²) >= 11 is 0. The predicted molar refractivity (Wildman–Crippen MR) is 98.8 cm³/mol. The predicted octanol–water partition coefficient (Wildman–Crippen LogP) is 2.53. The van der Waals surface area contributed by atoms with Crippen molar-refractivity contribution >= 4 is 23.5 Å². The monoisotopic (exact) mass is 368 g/mol. The number of carboxylic acids is 1. The van der Waals surface area contributed by atoms with E-state index in [0.717, 1.165) is 11.3 Å². The standard InChI is InChI=1S/C20H20N2O5/c1-2-17(23)21-15-5-3-4-14(11-15)19(24)22-18(20(25)26)13-6-7-16-12(10-13)8-9-27-16/h3-7,10-11,18H,2,8-9H2,1H3,(H,21,23)(H,22,24)(H,25,26). The van der Waals surface area contributed by atoms with Gasteiger partial charge in [-0.3, -0.25) is 9.59 Å². The molecule has 1 aliphatic heterocycles. The van der Waals surface area contributed by atoms with E-state index in [0.29, 0.717) is 30.7 Å². The van der Waals surface area contributed by atoms with E-state index >= 15 is 0 Å². The molecule has 2 aromatic carbocycles. The summed E-state index contributed by atoms with van der Waals surface area (Å²) < 4.78 is 5.43. The van der Waals surface area contributed by atoms with Gasteiger partial charge in [0.1, 0.15) is 5.75 Å². The highest BCUT2D eigenvalue weighted by molar-refractivity contribution is 5.99. The Morgan fingerprint density at radius 3 is 2.74 bits per heavy atom. The molecule has 1 atom stereocenters. The second-order valence-electron chi connectivity index (χ2n) is 6.19. The van der Waals surface area contributed by atoms with Gasteiger partial charge in [-0.1, -0.05) is 19.1 Å². The lowest BCUT2D eigenvalue weighted by atomic mass is 10.0. The summed E-state index contributed by atoms with van der Waals surface area (Å²) in [6.45, 7) is 2.30. The molecule has 0 radical (unpaired) electrons. The molecule has 0 saturated heterocycles. The van der Waals surface area contributed by atoms with Gasteiger partial charge in [0, 0.05) is 24.1 Å². The molecule has 3 rings (SSSR count). The zero-order valence-corrected chi connectivity index (χ0v) is 14.8. The van der Waals surface area contributed by atoms with Crippen molar-refractivity contribution in [2.75, 3.05) is 11.9 Å². The molecule has 1 heterocycles. The van der Waals surface area contributed by atoms with Crippen molar-refractivity contribution in [2.24, 2.45) is 0 Å². The number of carbonyl (C=O) groups excluding carboxylic acids is 2. The molecule has 2 amide bonds. The first-order chi connectivity index (χ1) is 13.0. The third-order valence-electron chi connectivity index (χ3n) is 4.30. The van der Waals surface area contributed by atoms with Crippen molar-refractivity contribution in [2.45, 2.75) is 25.8 Å². The number of benzene rings is 2. The Labute approximate surface area is 156 Å². The van der Waals surface area contributed by atoms with E-state index in [1.165, 1.54) is 6.07 Å². The number of carbonyl (C=O) groups is 3. The molecule has 0 aliphatic carbocycles. The van der Waals surface area contributed by atoms with Crippen LogP contribution < -0.4 is 15.4 Å². The van der Waals surface area contributed by atoms with E-state index in [2.05, 4.69) is 10.6 Å². The maximum absolute atomic E-state index is 12.6. The number of hydrogen-bond acceptors (Lipinski definition) is 4. The van der Waals surface area contributed by atoms with Gasteiger partial charge in [-0.05, 0) is 41.5 Å². The van der Waals surface area contributed by atoms with Crippen LogP contribution in [0.2, 0.25) is 0 Å². The summed E-state index contributed by atoms with van der Waals surface area (Å²) in [6, 6.07) is 10.3. The largest absolute Gasteiger partial charge is 0.493 e. The first kappa shape index (κ1) is 18.4. The minimum atomic E-state index is -1.18. The number of fused-ring (bicyclic) bond motifs is 1. The van der Waals surface area contributed by atoms with Crippen LogP contribution in [0.25, 0.3) is 0 Å². The lowest BCUT2D eigenvalue weighted by molar-refractivity contribution is -0.139. The van der Waals surface area contributed by atoms with Crippen molar-refractivity contribution in [3.63, 3.8) is 0 Å². The van der Waals surface area contributed by atoms with Crippen molar-refractivity contribution in [3.8, 4) is 5.75 Å². The van der Waals surface area contributed by atoms with Crippen LogP contribution in [0.5, 0.6) is 5.75 Å². The number of anilines is 1.